The predicted molar refractivity (Wildman–Crippen MR) is 97.0 cm³/mol. The van der Waals surface area contributed by atoms with E-state index in [0.29, 0.717) is 11.7 Å². The zero-order valence-corrected chi connectivity index (χ0v) is 14.3. The van der Waals surface area contributed by atoms with Crippen molar-refractivity contribution < 1.29 is 9.53 Å². The molecule has 0 radical (unpaired) electrons. The second kappa shape index (κ2) is 7.27. The summed E-state index contributed by atoms with van der Waals surface area (Å²) in [4.78, 5) is 10.8. The Bertz CT molecular complexity index is 873. The number of hydrogen-bond acceptors (Lipinski definition) is 3. The summed E-state index contributed by atoms with van der Waals surface area (Å²) in [6.07, 6.45) is 0. The van der Waals surface area contributed by atoms with Crippen molar-refractivity contribution >= 4 is 17.6 Å². The fourth-order valence-corrected chi connectivity index (χ4v) is 2.64. The van der Waals surface area contributed by atoms with Gasteiger partial charge in [0.15, 0.2) is 5.15 Å². The molecule has 7 heteroatoms. The van der Waals surface area contributed by atoms with Crippen LogP contribution in [0.1, 0.15) is 5.56 Å². The van der Waals surface area contributed by atoms with Crippen LogP contribution in [0.4, 0.5) is 4.79 Å². The van der Waals surface area contributed by atoms with Crippen LogP contribution in [0.5, 0.6) is 5.75 Å². The average Bonchev–Trinajstić information content (AvgIpc) is 3.02. The van der Waals surface area contributed by atoms with E-state index in [4.69, 9.17) is 22.1 Å². The monoisotopic (exact) mass is 356 g/mol. The maximum atomic E-state index is 10.8. The van der Waals surface area contributed by atoms with E-state index < -0.39 is 6.03 Å². The van der Waals surface area contributed by atoms with Crippen molar-refractivity contribution in [3.8, 4) is 22.7 Å². The number of nitrogens with two attached hydrogens (primary N) is 1. The molecule has 128 valence electrons. The lowest BCUT2D eigenvalue weighted by Gasteiger charge is -2.09. The number of carbonyl (C=O) groups excluding carboxylic acids is 1. The molecule has 25 heavy (non-hydrogen) atoms. The first-order chi connectivity index (χ1) is 12.1. The molecule has 0 bridgehead atoms. The van der Waals surface area contributed by atoms with E-state index in [-0.39, 0.29) is 0 Å². The summed E-state index contributed by atoms with van der Waals surface area (Å²) in [5.74, 6) is 0.773. The van der Waals surface area contributed by atoms with Crippen molar-refractivity contribution in [2.45, 2.75) is 6.54 Å². The topological polar surface area (TPSA) is 82.2 Å². The molecule has 0 aliphatic rings. The Balaban J connectivity index is 1.90. The van der Waals surface area contributed by atoms with E-state index in [1.54, 1.807) is 11.8 Å². The normalized spacial score (nSPS) is 10.5. The molecule has 0 saturated carbocycles. The van der Waals surface area contributed by atoms with Gasteiger partial charge in [0, 0.05) is 18.2 Å². The van der Waals surface area contributed by atoms with E-state index in [9.17, 15) is 4.79 Å². The van der Waals surface area contributed by atoms with Gasteiger partial charge in [-0.2, -0.15) is 5.10 Å². The smallest absolute Gasteiger partial charge is 0.312 e. The molecule has 0 atom stereocenters. The Morgan fingerprint density at radius 3 is 2.48 bits per heavy atom. The standard InChI is InChI=1S/C18H17ClN4O2/c1-25-15-8-6-14(7-9-15)23-16(10-17(19)22-23)13-4-2-12(3-5-13)11-21-18(20)24/h2-10H,11H2,1H3,(H3,20,21,24). The van der Waals surface area contributed by atoms with Gasteiger partial charge in [0.25, 0.3) is 0 Å². The number of rotatable bonds is 5. The van der Waals surface area contributed by atoms with Crippen LogP contribution < -0.4 is 15.8 Å². The highest BCUT2D eigenvalue weighted by atomic mass is 35.5. The van der Waals surface area contributed by atoms with Crippen molar-refractivity contribution in [2.75, 3.05) is 7.11 Å². The van der Waals surface area contributed by atoms with Gasteiger partial charge in [0.05, 0.1) is 18.5 Å². The van der Waals surface area contributed by atoms with E-state index in [2.05, 4.69) is 10.4 Å². The van der Waals surface area contributed by atoms with Crippen LogP contribution >= 0.6 is 11.6 Å². The van der Waals surface area contributed by atoms with Crippen molar-refractivity contribution in [1.29, 1.82) is 0 Å². The summed E-state index contributed by atoms with van der Waals surface area (Å²) in [6.45, 7) is 0.383. The summed E-state index contributed by atoms with van der Waals surface area (Å²) in [7, 11) is 1.62. The van der Waals surface area contributed by atoms with E-state index in [1.807, 2.05) is 54.6 Å². The minimum absolute atomic E-state index is 0.383. The van der Waals surface area contributed by atoms with Crippen LogP contribution in [0.15, 0.2) is 54.6 Å². The maximum Gasteiger partial charge on any atom is 0.312 e. The lowest BCUT2D eigenvalue weighted by molar-refractivity contribution is 0.248. The third kappa shape index (κ3) is 3.92. The number of carbonyl (C=O) groups is 1. The number of hydrogen-bond donors (Lipinski definition) is 2. The zero-order valence-electron chi connectivity index (χ0n) is 13.6. The molecular formula is C18H17ClN4O2. The Morgan fingerprint density at radius 2 is 1.88 bits per heavy atom. The molecule has 0 aliphatic carbocycles. The van der Waals surface area contributed by atoms with Gasteiger partial charge in [0.2, 0.25) is 0 Å². The minimum atomic E-state index is -0.548. The number of nitrogens with one attached hydrogen (secondary N) is 1. The van der Waals surface area contributed by atoms with Crippen LogP contribution in [0.3, 0.4) is 0 Å². The van der Waals surface area contributed by atoms with Gasteiger partial charge in [-0.25, -0.2) is 9.48 Å². The molecule has 3 rings (SSSR count). The number of halogens is 1. The van der Waals surface area contributed by atoms with E-state index >= 15 is 0 Å². The maximum absolute atomic E-state index is 10.8. The molecule has 0 aliphatic heterocycles. The first-order valence-electron chi connectivity index (χ1n) is 7.59. The molecule has 2 amide bonds. The Kier molecular flexibility index (Phi) is 4.90. The third-order valence-electron chi connectivity index (χ3n) is 3.71. The second-order valence-electron chi connectivity index (χ2n) is 5.38. The summed E-state index contributed by atoms with van der Waals surface area (Å²) in [5, 5.41) is 7.33. The minimum Gasteiger partial charge on any atom is -0.497 e. The van der Waals surface area contributed by atoms with Gasteiger partial charge in [-0.3, -0.25) is 0 Å². The number of primary amides is 1. The van der Waals surface area contributed by atoms with Crippen molar-refractivity contribution in [3.63, 3.8) is 0 Å². The molecular weight excluding hydrogens is 340 g/mol. The fraction of sp³-hybridized carbons (Fsp3) is 0.111. The number of urea groups is 1. The number of ether oxygens (including phenoxy) is 1. The van der Waals surface area contributed by atoms with Gasteiger partial charge in [-0.1, -0.05) is 35.9 Å². The summed E-state index contributed by atoms with van der Waals surface area (Å²) >= 11 is 6.12. The molecule has 0 saturated heterocycles. The number of nitrogens with zero attached hydrogens (tertiary/aromatic N) is 2. The number of aromatic nitrogens is 2. The Morgan fingerprint density at radius 1 is 1.20 bits per heavy atom. The Hall–Kier alpha value is -2.99. The summed E-state index contributed by atoms with van der Waals surface area (Å²) in [6, 6.07) is 16.6. The second-order valence-corrected chi connectivity index (χ2v) is 5.76. The van der Waals surface area contributed by atoms with Gasteiger partial charge in [-0.15, -0.1) is 0 Å². The molecule has 0 unspecified atom stereocenters. The first kappa shape index (κ1) is 16.9. The van der Waals surface area contributed by atoms with Crippen molar-refractivity contribution in [1.82, 2.24) is 15.1 Å². The first-order valence-corrected chi connectivity index (χ1v) is 7.97. The van der Waals surface area contributed by atoms with Gasteiger partial charge in [0.1, 0.15) is 5.75 Å². The lowest BCUT2D eigenvalue weighted by Crippen LogP contribution is -2.28. The lowest BCUT2D eigenvalue weighted by atomic mass is 10.1. The van der Waals surface area contributed by atoms with Crippen LogP contribution in [0.2, 0.25) is 5.15 Å². The molecule has 0 spiro atoms. The number of benzene rings is 2. The zero-order chi connectivity index (χ0) is 17.8. The SMILES string of the molecule is COc1ccc(-n2nc(Cl)cc2-c2ccc(CNC(N)=O)cc2)cc1. The van der Waals surface area contributed by atoms with E-state index in [0.717, 1.165) is 28.3 Å². The van der Waals surface area contributed by atoms with Crippen molar-refractivity contribution in [2.24, 2.45) is 5.73 Å². The highest BCUT2D eigenvalue weighted by molar-refractivity contribution is 6.29. The van der Waals surface area contributed by atoms with Crippen LogP contribution in [0.25, 0.3) is 16.9 Å². The molecule has 6 nitrogen and oxygen atoms in total. The number of methoxy groups -OCH3 is 1. The highest BCUT2D eigenvalue weighted by Crippen LogP contribution is 2.27. The quantitative estimate of drug-likeness (QED) is 0.735. The number of amides is 2. The van der Waals surface area contributed by atoms with Crippen LogP contribution in [-0.4, -0.2) is 22.9 Å². The average molecular weight is 357 g/mol. The molecule has 1 aromatic heterocycles. The van der Waals surface area contributed by atoms with Gasteiger partial charge < -0.3 is 15.8 Å². The fourth-order valence-electron chi connectivity index (χ4n) is 2.46. The molecule has 1 heterocycles. The van der Waals surface area contributed by atoms with Gasteiger partial charge in [-0.05, 0) is 29.8 Å². The Labute approximate surface area is 150 Å². The largest absolute Gasteiger partial charge is 0.497 e. The van der Waals surface area contributed by atoms with Gasteiger partial charge >= 0.3 is 6.03 Å². The third-order valence-corrected chi connectivity index (χ3v) is 3.90. The van der Waals surface area contributed by atoms with E-state index in [1.165, 1.54) is 0 Å². The molecule has 3 N–H and O–H groups in total. The van der Waals surface area contributed by atoms with Crippen LogP contribution in [0, 0.1) is 0 Å². The summed E-state index contributed by atoms with van der Waals surface area (Å²) < 4.78 is 6.96. The van der Waals surface area contributed by atoms with Crippen LogP contribution in [-0.2, 0) is 6.54 Å². The molecule has 2 aromatic carbocycles. The molecule has 3 aromatic rings. The van der Waals surface area contributed by atoms with Crippen molar-refractivity contribution in [3.05, 3.63) is 65.3 Å². The molecule has 0 fully saturated rings. The predicted octanol–water partition coefficient (Wildman–Crippen LogP) is 3.37. The summed E-state index contributed by atoms with van der Waals surface area (Å²) in [5.41, 5.74) is 8.73. The highest BCUT2D eigenvalue weighted by Gasteiger charge is 2.11.